The first-order chi connectivity index (χ1) is 9.22. The third-order valence-electron chi connectivity index (χ3n) is 3.38. The number of hydrogen-bond donors (Lipinski definition) is 1. The zero-order chi connectivity index (χ0) is 14.1. The van der Waals surface area contributed by atoms with Gasteiger partial charge < -0.3 is 10.6 Å². The lowest BCUT2D eigenvalue weighted by atomic mass is 10.1. The van der Waals surface area contributed by atoms with Crippen LogP contribution in [0.3, 0.4) is 0 Å². The molecule has 3 heteroatoms. The van der Waals surface area contributed by atoms with Gasteiger partial charge in [-0.1, -0.05) is 48.7 Å². The standard InChI is InChI=1S/C16H27BrN2/c1-3-5-11-19(12-6-4-2)15-8-7-14(9-10-18)16(17)13-15/h7-8,13H,3-6,9-12,18H2,1-2H3. The number of anilines is 1. The number of nitrogens with two attached hydrogens (primary N) is 1. The largest absolute Gasteiger partial charge is 0.372 e. The second-order valence-corrected chi connectivity index (χ2v) is 5.86. The fraction of sp³-hybridized carbons (Fsp3) is 0.625. The van der Waals surface area contributed by atoms with E-state index in [1.165, 1.54) is 41.4 Å². The monoisotopic (exact) mass is 326 g/mol. The van der Waals surface area contributed by atoms with Crippen LogP contribution in [-0.4, -0.2) is 19.6 Å². The predicted molar refractivity (Wildman–Crippen MR) is 88.9 cm³/mol. The fourth-order valence-corrected chi connectivity index (χ4v) is 2.72. The number of rotatable bonds is 9. The maximum absolute atomic E-state index is 5.63. The molecule has 2 nitrogen and oxygen atoms in total. The van der Waals surface area contributed by atoms with Gasteiger partial charge in [-0.15, -0.1) is 0 Å². The van der Waals surface area contributed by atoms with E-state index in [4.69, 9.17) is 5.73 Å². The lowest BCUT2D eigenvalue weighted by Crippen LogP contribution is -2.25. The van der Waals surface area contributed by atoms with Crippen molar-refractivity contribution in [3.05, 3.63) is 28.2 Å². The highest BCUT2D eigenvalue weighted by molar-refractivity contribution is 9.10. The third-order valence-corrected chi connectivity index (χ3v) is 4.12. The Morgan fingerprint density at radius 1 is 1.11 bits per heavy atom. The summed E-state index contributed by atoms with van der Waals surface area (Å²) in [5.41, 5.74) is 8.26. The lowest BCUT2D eigenvalue weighted by Gasteiger charge is -2.25. The predicted octanol–water partition coefficient (Wildman–Crippen LogP) is 4.36. The van der Waals surface area contributed by atoms with E-state index in [2.05, 4.69) is 52.9 Å². The van der Waals surface area contributed by atoms with Crippen molar-refractivity contribution in [3.8, 4) is 0 Å². The summed E-state index contributed by atoms with van der Waals surface area (Å²) in [5.74, 6) is 0. The maximum Gasteiger partial charge on any atom is 0.0377 e. The van der Waals surface area contributed by atoms with Gasteiger partial charge in [0.05, 0.1) is 0 Å². The number of unbranched alkanes of at least 4 members (excludes halogenated alkanes) is 2. The molecule has 0 aliphatic heterocycles. The van der Waals surface area contributed by atoms with E-state index < -0.39 is 0 Å². The Hall–Kier alpha value is -0.540. The summed E-state index contributed by atoms with van der Waals surface area (Å²) in [6.45, 7) is 7.50. The minimum absolute atomic E-state index is 0.702. The molecule has 0 spiro atoms. The van der Waals surface area contributed by atoms with E-state index in [0.717, 1.165) is 19.5 Å². The molecule has 108 valence electrons. The van der Waals surface area contributed by atoms with Crippen LogP contribution in [0.1, 0.15) is 45.1 Å². The van der Waals surface area contributed by atoms with Gasteiger partial charge in [-0.25, -0.2) is 0 Å². The molecule has 1 aromatic carbocycles. The minimum atomic E-state index is 0.702. The van der Waals surface area contributed by atoms with E-state index in [1.807, 2.05) is 0 Å². The first-order valence-electron chi connectivity index (χ1n) is 7.46. The Balaban J connectivity index is 2.79. The second-order valence-electron chi connectivity index (χ2n) is 5.01. The van der Waals surface area contributed by atoms with Crippen molar-refractivity contribution in [1.29, 1.82) is 0 Å². The molecule has 0 unspecified atom stereocenters. The summed E-state index contributed by atoms with van der Waals surface area (Å²) in [6.07, 6.45) is 5.94. The van der Waals surface area contributed by atoms with Crippen molar-refractivity contribution in [3.63, 3.8) is 0 Å². The lowest BCUT2D eigenvalue weighted by molar-refractivity contribution is 0.678. The molecule has 0 radical (unpaired) electrons. The van der Waals surface area contributed by atoms with Crippen molar-refractivity contribution in [2.75, 3.05) is 24.5 Å². The maximum atomic E-state index is 5.63. The van der Waals surface area contributed by atoms with Gasteiger partial charge in [-0.3, -0.25) is 0 Å². The molecular weight excluding hydrogens is 300 g/mol. The van der Waals surface area contributed by atoms with Crippen LogP contribution >= 0.6 is 15.9 Å². The van der Waals surface area contributed by atoms with Crippen LogP contribution in [0.2, 0.25) is 0 Å². The van der Waals surface area contributed by atoms with E-state index >= 15 is 0 Å². The molecule has 0 saturated heterocycles. The van der Waals surface area contributed by atoms with Gasteiger partial charge in [0.15, 0.2) is 0 Å². The first kappa shape index (κ1) is 16.5. The summed E-state index contributed by atoms with van der Waals surface area (Å²) >= 11 is 3.67. The summed E-state index contributed by atoms with van der Waals surface area (Å²) < 4.78 is 1.19. The number of halogens is 1. The normalized spacial score (nSPS) is 10.7. The zero-order valence-electron chi connectivity index (χ0n) is 12.3. The molecule has 0 amide bonds. The zero-order valence-corrected chi connectivity index (χ0v) is 13.9. The molecule has 0 heterocycles. The Morgan fingerprint density at radius 3 is 2.21 bits per heavy atom. The Kier molecular flexibility index (Phi) is 8.15. The fourth-order valence-electron chi connectivity index (χ4n) is 2.16. The van der Waals surface area contributed by atoms with Crippen LogP contribution < -0.4 is 10.6 Å². The molecule has 1 aromatic rings. The van der Waals surface area contributed by atoms with Crippen LogP contribution in [0.4, 0.5) is 5.69 Å². The summed E-state index contributed by atoms with van der Waals surface area (Å²) in [7, 11) is 0. The van der Waals surface area contributed by atoms with Gasteiger partial charge in [0.2, 0.25) is 0 Å². The van der Waals surface area contributed by atoms with Crippen molar-refractivity contribution < 1.29 is 0 Å². The van der Waals surface area contributed by atoms with Gasteiger partial charge in [-0.05, 0) is 43.5 Å². The highest BCUT2D eigenvalue weighted by Gasteiger charge is 2.08. The topological polar surface area (TPSA) is 29.3 Å². The second kappa shape index (κ2) is 9.38. The quantitative estimate of drug-likeness (QED) is 0.730. The smallest absolute Gasteiger partial charge is 0.0377 e. The minimum Gasteiger partial charge on any atom is -0.372 e. The molecule has 2 N–H and O–H groups in total. The van der Waals surface area contributed by atoms with E-state index in [0.29, 0.717) is 6.54 Å². The van der Waals surface area contributed by atoms with Gasteiger partial charge >= 0.3 is 0 Å². The third kappa shape index (κ3) is 5.53. The van der Waals surface area contributed by atoms with Crippen LogP contribution in [0.25, 0.3) is 0 Å². The Bertz CT molecular complexity index is 358. The van der Waals surface area contributed by atoms with Crippen molar-refractivity contribution >= 4 is 21.6 Å². The van der Waals surface area contributed by atoms with Crippen molar-refractivity contribution in [2.45, 2.75) is 46.0 Å². The molecule has 0 aromatic heterocycles. The Labute approximate surface area is 126 Å². The van der Waals surface area contributed by atoms with Crippen LogP contribution in [0.15, 0.2) is 22.7 Å². The average molecular weight is 327 g/mol. The van der Waals surface area contributed by atoms with Crippen LogP contribution in [-0.2, 0) is 6.42 Å². The molecule has 0 fully saturated rings. The van der Waals surface area contributed by atoms with Gasteiger partial charge in [0.25, 0.3) is 0 Å². The molecule has 1 rings (SSSR count). The van der Waals surface area contributed by atoms with Crippen LogP contribution in [0.5, 0.6) is 0 Å². The highest BCUT2D eigenvalue weighted by atomic mass is 79.9. The van der Waals surface area contributed by atoms with Crippen molar-refractivity contribution in [2.24, 2.45) is 5.73 Å². The molecule has 19 heavy (non-hydrogen) atoms. The Morgan fingerprint density at radius 2 is 1.74 bits per heavy atom. The average Bonchev–Trinajstić information content (AvgIpc) is 2.41. The van der Waals surface area contributed by atoms with Gasteiger partial charge in [-0.2, -0.15) is 0 Å². The summed E-state index contributed by atoms with van der Waals surface area (Å²) in [4.78, 5) is 2.50. The number of benzene rings is 1. The summed E-state index contributed by atoms with van der Waals surface area (Å²) in [5, 5.41) is 0. The van der Waals surface area contributed by atoms with E-state index in [-0.39, 0.29) is 0 Å². The summed E-state index contributed by atoms with van der Waals surface area (Å²) in [6, 6.07) is 6.69. The van der Waals surface area contributed by atoms with Gasteiger partial charge in [0.1, 0.15) is 0 Å². The molecule has 0 aliphatic rings. The van der Waals surface area contributed by atoms with E-state index in [9.17, 15) is 0 Å². The molecule has 0 atom stereocenters. The SMILES string of the molecule is CCCCN(CCCC)c1ccc(CCN)c(Br)c1. The number of hydrogen-bond acceptors (Lipinski definition) is 2. The molecule has 0 bridgehead atoms. The molecular formula is C16H27BrN2. The van der Waals surface area contributed by atoms with Crippen LogP contribution in [0, 0.1) is 0 Å². The molecule has 0 saturated carbocycles. The highest BCUT2D eigenvalue weighted by Crippen LogP contribution is 2.25. The molecule has 0 aliphatic carbocycles. The van der Waals surface area contributed by atoms with E-state index in [1.54, 1.807) is 0 Å². The first-order valence-corrected chi connectivity index (χ1v) is 8.25. The number of nitrogens with zero attached hydrogens (tertiary/aromatic N) is 1. The van der Waals surface area contributed by atoms with Gasteiger partial charge in [0, 0.05) is 23.2 Å². The van der Waals surface area contributed by atoms with Crippen molar-refractivity contribution in [1.82, 2.24) is 0 Å².